The van der Waals surface area contributed by atoms with Crippen LogP contribution in [0.5, 0.6) is 5.75 Å². The van der Waals surface area contributed by atoms with Gasteiger partial charge in [-0.3, -0.25) is 24.0 Å². The molecule has 0 spiro atoms. The van der Waals surface area contributed by atoms with Gasteiger partial charge in [0.2, 0.25) is 0 Å². The molecular weight excluding hydrogens is 468 g/mol. The Labute approximate surface area is 206 Å². The maximum atomic E-state index is 13.4. The molecular formula is C26H23ClN4O4. The fraction of sp³-hybridized carbons (Fsp3) is 0.115. The number of carbonyl (C=O) groups excluding carboxylic acids is 1. The molecule has 4 rings (SSSR count). The average molecular weight is 491 g/mol. The van der Waals surface area contributed by atoms with Crippen molar-refractivity contribution >= 4 is 29.0 Å². The molecule has 0 saturated carbocycles. The fourth-order valence-corrected chi connectivity index (χ4v) is 3.79. The molecule has 0 saturated heterocycles. The number of nitrogens with one attached hydrogen (secondary N) is 1. The maximum absolute atomic E-state index is 13.4. The number of nitrogen functional groups attached to an aromatic ring is 1. The molecule has 0 aliphatic rings. The predicted molar refractivity (Wildman–Crippen MR) is 136 cm³/mol. The second-order valence-corrected chi connectivity index (χ2v) is 8.16. The van der Waals surface area contributed by atoms with Crippen LogP contribution in [-0.2, 0) is 17.9 Å². The number of anilines is 2. The smallest absolute Gasteiger partial charge is 0.330 e. The maximum Gasteiger partial charge on any atom is 0.330 e. The molecule has 178 valence electrons. The number of rotatable bonds is 8. The molecule has 35 heavy (non-hydrogen) atoms. The van der Waals surface area contributed by atoms with Crippen LogP contribution in [0.3, 0.4) is 0 Å². The van der Waals surface area contributed by atoms with Gasteiger partial charge in [-0.2, -0.15) is 0 Å². The highest BCUT2D eigenvalue weighted by molar-refractivity contribution is 6.32. The lowest BCUT2D eigenvalue weighted by molar-refractivity contribution is -0.120. The summed E-state index contributed by atoms with van der Waals surface area (Å²) in [5.74, 6) is -0.321. The van der Waals surface area contributed by atoms with Gasteiger partial charge in [-0.05, 0) is 23.3 Å². The van der Waals surface area contributed by atoms with Crippen molar-refractivity contribution in [2.24, 2.45) is 0 Å². The van der Waals surface area contributed by atoms with Crippen LogP contribution in [0.4, 0.5) is 11.5 Å². The number of H-pyrrole nitrogens is 1. The highest BCUT2D eigenvalue weighted by atomic mass is 35.5. The van der Waals surface area contributed by atoms with Gasteiger partial charge in [0.1, 0.15) is 11.6 Å². The van der Waals surface area contributed by atoms with Crippen LogP contribution in [-0.4, -0.2) is 22.1 Å². The zero-order valence-corrected chi connectivity index (χ0v) is 19.4. The second kappa shape index (κ2) is 10.8. The molecule has 0 radical (unpaired) electrons. The molecule has 3 aromatic carbocycles. The number of benzene rings is 3. The summed E-state index contributed by atoms with van der Waals surface area (Å²) in [6, 6.07) is 25.1. The highest BCUT2D eigenvalue weighted by Gasteiger charge is 2.25. The van der Waals surface area contributed by atoms with E-state index in [9.17, 15) is 14.4 Å². The van der Waals surface area contributed by atoms with E-state index in [0.29, 0.717) is 10.8 Å². The van der Waals surface area contributed by atoms with E-state index < -0.39 is 23.8 Å². The number of halogens is 1. The Kier molecular flexibility index (Phi) is 7.32. The van der Waals surface area contributed by atoms with Gasteiger partial charge < -0.3 is 10.5 Å². The zero-order valence-electron chi connectivity index (χ0n) is 18.7. The molecule has 1 amide bonds. The van der Waals surface area contributed by atoms with Crippen molar-refractivity contribution in [3.8, 4) is 5.75 Å². The van der Waals surface area contributed by atoms with E-state index in [0.717, 1.165) is 11.1 Å². The average Bonchev–Trinajstić information content (AvgIpc) is 2.86. The fourth-order valence-electron chi connectivity index (χ4n) is 3.60. The lowest BCUT2D eigenvalue weighted by atomic mass is 10.2. The normalized spacial score (nSPS) is 10.7. The first-order valence-corrected chi connectivity index (χ1v) is 11.2. The quantitative estimate of drug-likeness (QED) is 0.393. The minimum absolute atomic E-state index is 0.0440. The van der Waals surface area contributed by atoms with Crippen LogP contribution in [0.25, 0.3) is 0 Å². The lowest BCUT2D eigenvalue weighted by Crippen LogP contribution is -2.42. The summed E-state index contributed by atoms with van der Waals surface area (Å²) in [7, 11) is 0. The van der Waals surface area contributed by atoms with Crippen molar-refractivity contribution in [2.75, 3.05) is 17.2 Å². The summed E-state index contributed by atoms with van der Waals surface area (Å²) < 4.78 is 6.85. The van der Waals surface area contributed by atoms with Gasteiger partial charge in [0.15, 0.2) is 12.3 Å². The van der Waals surface area contributed by atoms with Gasteiger partial charge in [-0.1, -0.05) is 84.4 Å². The van der Waals surface area contributed by atoms with Crippen LogP contribution >= 0.6 is 11.6 Å². The summed E-state index contributed by atoms with van der Waals surface area (Å²) in [4.78, 5) is 42.4. The molecule has 1 aromatic heterocycles. The number of nitrogens with zero attached hydrogens (tertiary/aromatic N) is 2. The summed E-state index contributed by atoms with van der Waals surface area (Å²) in [6.45, 7) is -0.228. The summed E-state index contributed by atoms with van der Waals surface area (Å²) in [6.07, 6.45) is 0. The number of carbonyl (C=O) groups is 1. The second-order valence-electron chi connectivity index (χ2n) is 7.75. The standard InChI is InChI=1S/C26H23ClN4O4/c27-20-13-7-8-14-21(20)35-17-22(32)30(15-18-9-3-1-4-10-18)23-24(28)31(26(34)29-25(23)33)16-19-11-5-2-6-12-19/h1-14H,15-17,28H2,(H,29,33,34). The Bertz CT molecular complexity index is 1440. The Hall–Kier alpha value is -4.30. The molecule has 0 fully saturated rings. The number of hydrogen-bond donors (Lipinski definition) is 2. The van der Waals surface area contributed by atoms with Crippen LogP contribution in [0.15, 0.2) is 94.5 Å². The first-order valence-electron chi connectivity index (χ1n) is 10.8. The largest absolute Gasteiger partial charge is 0.482 e. The Morgan fingerprint density at radius 3 is 2.17 bits per heavy atom. The number of hydrogen-bond acceptors (Lipinski definition) is 5. The summed E-state index contributed by atoms with van der Waals surface area (Å²) in [5, 5.41) is 0.351. The molecule has 0 aliphatic carbocycles. The van der Waals surface area contributed by atoms with Crippen molar-refractivity contribution in [3.63, 3.8) is 0 Å². The van der Waals surface area contributed by atoms with E-state index in [-0.39, 0.29) is 24.6 Å². The van der Waals surface area contributed by atoms with Crippen molar-refractivity contribution in [3.05, 3.63) is 122 Å². The Morgan fingerprint density at radius 1 is 0.914 bits per heavy atom. The molecule has 8 nitrogen and oxygen atoms in total. The summed E-state index contributed by atoms with van der Waals surface area (Å²) >= 11 is 6.14. The van der Waals surface area contributed by atoms with E-state index in [4.69, 9.17) is 22.1 Å². The van der Waals surface area contributed by atoms with E-state index in [1.807, 2.05) is 60.7 Å². The van der Waals surface area contributed by atoms with Crippen LogP contribution in [0.1, 0.15) is 11.1 Å². The number of nitrogens with two attached hydrogens (primary N) is 1. The van der Waals surface area contributed by atoms with Gasteiger partial charge in [-0.15, -0.1) is 0 Å². The minimum Gasteiger partial charge on any atom is -0.482 e. The molecule has 1 heterocycles. The van der Waals surface area contributed by atoms with Gasteiger partial charge in [-0.25, -0.2) is 4.79 Å². The third-order valence-electron chi connectivity index (χ3n) is 5.34. The first-order chi connectivity index (χ1) is 16.9. The number of para-hydroxylation sites is 1. The predicted octanol–water partition coefficient (Wildman–Crippen LogP) is 3.43. The highest BCUT2D eigenvalue weighted by Crippen LogP contribution is 2.24. The Morgan fingerprint density at radius 2 is 1.51 bits per heavy atom. The van der Waals surface area contributed by atoms with Crippen LogP contribution < -0.4 is 26.6 Å². The number of aromatic amines is 1. The van der Waals surface area contributed by atoms with E-state index in [1.165, 1.54) is 9.47 Å². The Balaban J connectivity index is 1.73. The molecule has 0 atom stereocenters. The van der Waals surface area contributed by atoms with E-state index in [1.54, 1.807) is 24.3 Å². The minimum atomic E-state index is -0.765. The van der Waals surface area contributed by atoms with Crippen molar-refractivity contribution in [2.45, 2.75) is 13.1 Å². The number of ether oxygens (including phenoxy) is 1. The molecule has 0 unspecified atom stereocenters. The SMILES string of the molecule is Nc1c(N(Cc2ccccc2)C(=O)COc2ccccc2Cl)c(=O)[nH]c(=O)n1Cc1ccccc1. The van der Waals surface area contributed by atoms with Crippen molar-refractivity contribution in [1.82, 2.24) is 9.55 Å². The molecule has 9 heteroatoms. The number of aromatic nitrogens is 2. The first kappa shape index (κ1) is 23.8. The molecule has 0 bridgehead atoms. The van der Waals surface area contributed by atoms with Crippen molar-refractivity contribution in [1.29, 1.82) is 0 Å². The van der Waals surface area contributed by atoms with Crippen LogP contribution in [0, 0.1) is 0 Å². The topological polar surface area (TPSA) is 110 Å². The number of amides is 1. The monoisotopic (exact) mass is 490 g/mol. The zero-order chi connectivity index (χ0) is 24.8. The van der Waals surface area contributed by atoms with Crippen molar-refractivity contribution < 1.29 is 9.53 Å². The third kappa shape index (κ3) is 5.62. The molecule has 4 aromatic rings. The lowest BCUT2D eigenvalue weighted by Gasteiger charge is -2.25. The third-order valence-corrected chi connectivity index (χ3v) is 5.65. The van der Waals surface area contributed by atoms with Gasteiger partial charge in [0.25, 0.3) is 11.5 Å². The van der Waals surface area contributed by atoms with Gasteiger partial charge in [0.05, 0.1) is 18.1 Å². The van der Waals surface area contributed by atoms with Gasteiger partial charge in [0, 0.05) is 0 Å². The van der Waals surface area contributed by atoms with E-state index >= 15 is 0 Å². The van der Waals surface area contributed by atoms with Crippen LogP contribution in [0.2, 0.25) is 5.02 Å². The van der Waals surface area contributed by atoms with E-state index in [2.05, 4.69) is 4.98 Å². The molecule has 3 N–H and O–H groups in total. The molecule has 0 aliphatic heterocycles. The summed E-state index contributed by atoms with van der Waals surface area (Å²) in [5.41, 5.74) is 6.35. The van der Waals surface area contributed by atoms with Gasteiger partial charge >= 0.3 is 5.69 Å².